The Morgan fingerprint density at radius 2 is 1.80 bits per heavy atom. The Morgan fingerprint density at radius 1 is 1.07 bits per heavy atom. The predicted molar refractivity (Wildman–Crippen MR) is 62.0 cm³/mol. The Hall–Kier alpha value is -1.12. The topological polar surface area (TPSA) is 25.8 Å². The highest BCUT2D eigenvalue weighted by Gasteiger charge is 2.05. The Morgan fingerprint density at radius 3 is 2.40 bits per heavy atom. The lowest BCUT2D eigenvalue weighted by molar-refractivity contribution is 1.17. The van der Waals surface area contributed by atoms with Gasteiger partial charge in [-0.2, -0.15) is 0 Å². The van der Waals surface area contributed by atoms with Gasteiger partial charge in [0, 0.05) is 18.0 Å². The molecule has 15 heavy (non-hydrogen) atoms. The van der Waals surface area contributed by atoms with E-state index >= 15 is 0 Å². The van der Waals surface area contributed by atoms with Gasteiger partial charge in [-0.15, -0.1) is 11.6 Å². The number of alkyl halides is 1. The standard InChI is InChI=1S/C11H8Cl2N2/c12-7-9-1-2-10(11(13)15-9)8-3-5-14-6-4-8/h1-6H,7H2. The maximum Gasteiger partial charge on any atom is 0.137 e. The number of rotatable bonds is 2. The molecule has 2 heterocycles. The van der Waals surface area contributed by atoms with E-state index in [4.69, 9.17) is 23.2 Å². The lowest BCUT2D eigenvalue weighted by Gasteiger charge is -2.04. The molecule has 76 valence electrons. The lowest BCUT2D eigenvalue weighted by Crippen LogP contribution is -1.88. The fraction of sp³-hybridized carbons (Fsp3) is 0.0909. The summed E-state index contributed by atoms with van der Waals surface area (Å²) in [4.78, 5) is 8.13. The molecule has 0 amide bonds. The van der Waals surface area contributed by atoms with Gasteiger partial charge >= 0.3 is 0 Å². The first kappa shape index (κ1) is 10.4. The van der Waals surface area contributed by atoms with E-state index in [-0.39, 0.29) is 0 Å². The fourth-order valence-electron chi connectivity index (χ4n) is 1.29. The molecule has 2 aromatic heterocycles. The number of aromatic nitrogens is 2. The number of nitrogens with zero attached hydrogens (tertiary/aromatic N) is 2. The van der Waals surface area contributed by atoms with Gasteiger partial charge in [0.2, 0.25) is 0 Å². The molecule has 2 aromatic rings. The number of hydrogen-bond acceptors (Lipinski definition) is 2. The molecule has 0 aliphatic rings. The first-order chi connectivity index (χ1) is 7.31. The molecule has 4 heteroatoms. The van der Waals surface area contributed by atoms with Crippen LogP contribution in [-0.2, 0) is 5.88 Å². The van der Waals surface area contributed by atoms with Crippen molar-refractivity contribution in [3.8, 4) is 11.1 Å². The highest BCUT2D eigenvalue weighted by Crippen LogP contribution is 2.26. The molecule has 0 spiro atoms. The van der Waals surface area contributed by atoms with E-state index in [1.165, 1.54) is 0 Å². The average Bonchev–Trinajstić information content (AvgIpc) is 2.30. The summed E-state index contributed by atoms with van der Waals surface area (Å²) in [6, 6.07) is 7.57. The minimum absolute atomic E-state index is 0.371. The number of hydrogen-bond donors (Lipinski definition) is 0. The molecule has 0 aliphatic heterocycles. The normalized spacial score (nSPS) is 10.3. The third kappa shape index (κ3) is 2.28. The molecule has 0 fully saturated rings. The highest BCUT2D eigenvalue weighted by molar-refractivity contribution is 6.32. The molecule has 0 atom stereocenters. The van der Waals surface area contributed by atoms with E-state index in [0.29, 0.717) is 11.0 Å². The van der Waals surface area contributed by atoms with Gasteiger partial charge in [-0.05, 0) is 29.8 Å². The summed E-state index contributed by atoms with van der Waals surface area (Å²) < 4.78 is 0. The van der Waals surface area contributed by atoms with Crippen LogP contribution in [0.5, 0.6) is 0 Å². The zero-order valence-corrected chi connectivity index (χ0v) is 9.33. The van der Waals surface area contributed by atoms with Gasteiger partial charge in [0.25, 0.3) is 0 Å². The second-order valence-corrected chi connectivity index (χ2v) is 3.64. The molecule has 0 aliphatic carbocycles. The molecule has 0 aromatic carbocycles. The van der Waals surface area contributed by atoms with Crippen LogP contribution in [0.15, 0.2) is 36.7 Å². The Balaban J connectivity index is 2.46. The molecule has 0 saturated heterocycles. The second-order valence-electron chi connectivity index (χ2n) is 3.01. The number of halogens is 2. The van der Waals surface area contributed by atoms with Gasteiger partial charge in [-0.25, -0.2) is 4.98 Å². The van der Waals surface area contributed by atoms with Crippen molar-refractivity contribution < 1.29 is 0 Å². The van der Waals surface area contributed by atoms with Crippen molar-refractivity contribution in [2.75, 3.05) is 0 Å². The van der Waals surface area contributed by atoms with Gasteiger partial charge in [-0.3, -0.25) is 4.98 Å². The van der Waals surface area contributed by atoms with Crippen LogP contribution in [0.25, 0.3) is 11.1 Å². The smallest absolute Gasteiger partial charge is 0.137 e. The summed E-state index contributed by atoms with van der Waals surface area (Å²) in [5, 5.41) is 0.472. The zero-order chi connectivity index (χ0) is 10.7. The van der Waals surface area contributed by atoms with Crippen molar-refractivity contribution in [3.63, 3.8) is 0 Å². The monoisotopic (exact) mass is 238 g/mol. The first-order valence-electron chi connectivity index (χ1n) is 4.43. The summed E-state index contributed by atoms with van der Waals surface area (Å²) in [5.74, 6) is 0.371. The van der Waals surface area contributed by atoms with Gasteiger partial charge < -0.3 is 0 Å². The van der Waals surface area contributed by atoms with Gasteiger partial charge in [0.05, 0.1) is 11.6 Å². The average molecular weight is 239 g/mol. The molecule has 0 unspecified atom stereocenters. The van der Waals surface area contributed by atoms with Crippen LogP contribution in [-0.4, -0.2) is 9.97 Å². The summed E-state index contributed by atoms with van der Waals surface area (Å²) in [7, 11) is 0. The minimum atomic E-state index is 0.371. The molecule has 2 nitrogen and oxygen atoms in total. The highest BCUT2D eigenvalue weighted by atomic mass is 35.5. The summed E-state index contributed by atoms with van der Waals surface area (Å²) in [6.07, 6.45) is 3.45. The van der Waals surface area contributed by atoms with Crippen molar-refractivity contribution in [3.05, 3.63) is 47.5 Å². The van der Waals surface area contributed by atoms with E-state index in [0.717, 1.165) is 16.8 Å². The summed E-state index contributed by atoms with van der Waals surface area (Å²) >= 11 is 11.7. The third-order valence-electron chi connectivity index (χ3n) is 2.03. The minimum Gasteiger partial charge on any atom is -0.265 e. The van der Waals surface area contributed by atoms with E-state index in [1.807, 2.05) is 24.3 Å². The molecule has 0 saturated carbocycles. The summed E-state index contributed by atoms with van der Waals surface area (Å²) in [5.41, 5.74) is 2.68. The maximum atomic E-state index is 6.05. The van der Waals surface area contributed by atoms with Crippen LogP contribution in [0.3, 0.4) is 0 Å². The van der Waals surface area contributed by atoms with Crippen LogP contribution in [0, 0.1) is 0 Å². The summed E-state index contributed by atoms with van der Waals surface area (Å²) in [6.45, 7) is 0. The van der Waals surface area contributed by atoms with Crippen LogP contribution in [0.2, 0.25) is 5.15 Å². The van der Waals surface area contributed by atoms with E-state index in [2.05, 4.69) is 9.97 Å². The Labute approximate surface area is 97.9 Å². The first-order valence-corrected chi connectivity index (χ1v) is 5.34. The van der Waals surface area contributed by atoms with Gasteiger partial charge in [0.15, 0.2) is 0 Å². The van der Waals surface area contributed by atoms with Gasteiger partial charge in [0.1, 0.15) is 5.15 Å². The predicted octanol–water partition coefficient (Wildman–Crippen LogP) is 3.54. The van der Waals surface area contributed by atoms with Crippen molar-refractivity contribution >= 4 is 23.2 Å². The van der Waals surface area contributed by atoms with Crippen LogP contribution in [0.1, 0.15) is 5.69 Å². The molecule has 0 bridgehead atoms. The number of pyridine rings is 2. The van der Waals surface area contributed by atoms with E-state index in [1.54, 1.807) is 12.4 Å². The van der Waals surface area contributed by atoms with E-state index < -0.39 is 0 Å². The SMILES string of the molecule is ClCc1ccc(-c2ccncc2)c(Cl)n1. The maximum absolute atomic E-state index is 6.05. The largest absolute Gasteiger partial charge is 0.265 e. The quantitative estimate of drug-likeness (QED) is 0.591. The van der Waals surface area contributed by atoms with Crippen molar-refractivity contribution in [1.82, 2.24) is 9.97 Å². The Kier molecular flexibility index (Phi) is 3.19. The van der Waals surface area contributed by atoms with Gasteiger partial charge in [-0.1, -0.05) is 11.6 Å². The van der Waals surface area contributed by atoms with E-state index in [9.17, 15) is 0 Å². The molecule has 2 rings (SSSR count). The molecule has 0 radical (unpaired) electrons. The third-order valence-corrected chi connectivity index (χ3v) is 2.60. The molecule has 0 N–H and O–H groups in total. The van der Waals surface area contributed by atoms with Crippen LogP contribution in [0.4, 0.5) is 0 Å². The Bertz CT molecular complexity index is 457. The van der Waals surface area contributed by atoms with Crippen LogP contribution < -0.4 is 0 Å². The van der Waals surface area contributed by atoms with Crippen molar-refractivity contribution in [2.45, 2.75) is 5.88 Å². The second kappa shape index (κ2) is 4.60. The molecular formula is C11H8Cl2N2. The fourth-order valence-corrected chi connectivity index (χ4v) is 1.72. The van der Waals surface area contributed by atoms with Crippen molar-refractivity contribution in [2.24, 2.45) is 0 Å². The molecular weight excluding hydrogens is 231 g/mol. The zero-order valence-electron chi connectivity index (χ0n) is 7.82. The lowest BCUT2D eigenvalue weighted by atomic mass is 10.1. The van der Waals surface area contributed by atoms with Crippen molar-refractivity contribution in [1.29, 1.82) is 0 Å². The van der Waals surface area contributed by atoms with Crippen LogP contribution >= 0.6 is 23.2 Å².